The molecule has 0 unspecified atom stereocenters. The molecule has 4 heteroatoms. The molecule has 5 atom stereocenters. The van der Waals surface area contributed by atoms with Crippen molar-refractivity contribution in [3.8, 4) is 0 Å². The molecule has 0 aromatic heterocycles. The summed E-state index contributed by atoms with van der Waals surface area (Å²) in [5.74, 6) is -1.10. The molecule has 116 valence electrons. The summed E-state index contributed by atoms with van der Waals surface area (Å²) in [5, 5.41) is 9.59. The van der Waals surface area contributed by atoms with Gasteiger partial charge in [0.1, 0.15) is 0 Å². The highest BCUT2D eigenvalue weighted by atomic mass is 16.4. The largest absolute Gasteiger partial charge is 0.481 e. The second kappa shape index (κ2) is 4.83. The van der Waals surface area contributed by atoms with Gasteiger partial charge < -0.3 is 10.0 Å². The summed E-state index contributed by atoms with van der Waals surface area (Å²) in [6.07, 6.45) is 3.75. The van der Waals surface area contributed by atoms with Crippen LogP contribution in [0.2, 0.25) is 0 Å². The van der Waals surface area contributed by atoms with E-state index < -0.39 is 11.9 Å². The molecule has 2 fully saturated rings. The van der Waals surface area contributed by atoms with Crippen LogP contribution in [-0.4, -0.2) is 23.0 Å². The molecule has 1 aromatic rings. The van der Waals surface area contributed by atoms with Crippen molar-refractivity contribution in [1.29, 1.82) is 0 Å². The van der Waals surface area contributed by atoms with Crippen molar-refractivity contribution in [1.82, 2.24) is 0 Å². The molecule has 1 amide bonds. The zero-order chi connectivity index (χ0) is 15.4. The predicted octanol–water partition coefficient (Wildman–Crippen LogP) is 2.71. The number of nitrogens with zero attached hydrogens (tertiary/aromatic N) is 1. The lowest BCUT2D eigenvalue weighted by Crippen LogP contribution is -2.46. The Kier molecular flexibility index (Phi) is 3.03. The van der Waals surface area contributed by atoms with E-state index in [1.807, 2.05) is 23.1 Å². The monoisotopic (exact) mass is 299 g/mol. The quantitative estimate of drug-likeness (QED) is 0.913. The van der Waals surface area contributed by atoms with Crippen molar-refractivity contribution in [3.05, 3.63) is 29.8 Å². The summed E-state index contributed by atoms with van der Waals surface area (Å²) >= 11 is 0. The predicted molar refractivity (Wildman–Crippen MR) is 82.5 cm³/mol. The molecular formula is C18H21NO3. The zero-order valence-corrected chi connectivity index (χ0v) is 12.7. The van der Waals surface area contributed by atoms with Crippen LogP contribution in [0.5, 0.6) is 0 Å². The van der Waals surface area contributed by atoms with Gasteiger partial charge in [0.25, 0.3) is 0 Å². The standard InChI is InChI=1S/C18H21NO3/c1-10-8-11-4-2-3-5-14(11)19(10)17(20)15-12-6-7-13(9-12)16(15)18(21)22/h2-5,10,12-13,15-16H,6-9H2,1H3,(H,21,22)/t10-,12-,13-,15+,16+/m1/s1. The summed E-state index contributed by atoms with van der Waals surface area (Å²) in [7, 11) is 0. The summed E-state index contributed by atoms with van der Waals surface area (Å²) < 4.78 is 0. The summed E-state index contributed by atoms with van der Waals surface area (Å²) in [6.45, 7) is 2.06. The molecule has 2 saturated carbocycles. The number of amides is 1. The number of hydrogen-bond donors (Lipinski definition) is 1. The van der Waals surface area contributed by atoms with Crippen molar-refractivity contribution >= 4 is 17.6 Å². The molecule has 4 rings (SSSR count). The van der Waals surface area contributed by atoms with E-state index in [0.717, 1.165) is 31.4 Å². The van der Waals surface area contributed by atoms with E-state index in [2.05, 4.69) is 13.0 Å². The third kappa shape index (κ3) is 1.82. The van der Waals surface area contributed by atoms with Gasteiger partial charge in [0.2, 0.25) is 5.91 Å². The van der Waals surface area contributed by atoms with Crippen molar-refractivity contribution in [3.63, 3.8) is 0 Å². The van der Waals surface area contributed by atoms with E-state index in [0.29, 0.717) is 0 Å². The van der Waals surface area contributed by atoms with Gasteiger partial charge >= 0.3 is 5.97 Å². The molecule has 0 radical (unpaired) electrons. The first-order valence-electron chi connectivity index (χ1n) is 8.21. The highest BCUT2D eigenvalue weighted by Gasteiger charge is 2.55. The van der Waals surface area contributed by atoms with Crippen LogP contribution < -0.4 is 4.90 Å². The number of anilines is 1. The van der Waals surface area contributed by atoms with E-state index in [-0.39, 0.29) is 29.7 Å². The molecule has 2 aliphatic carbocycles. The van der Waals surface area contributed by atoms with E-state index in [1.54, 1.807) is 0 Å². The average Bonchev–Trinajstić information content (AvgIpc) is 3.17. The number of carboxylic acids is 1. The highest BCUT2D eigenvalue weighted by Crippen LogP contribution is 2.53. The summed E-state index contributed by atoms with van der Waals surface area (Å²) in [5.41, 5.74) is 2.17. The lowest BCUT2D eigenvalue weighted by Gasteiger charge is -2.33. The van der Waals surface area contributed by atoms with Crippen LogP contribution >= 0.6 is 0 Å². The van der Waals surface area contributed by atoms with Crippen LogP contribution in [0, 0.1) is 23.7 Å². The molecule has 1 aliphatic heterocycles. The minimum atomic E-state index is -0.786. The van der Waals surface area contributed by atoms with Crippen LogP contribution in [-0.2, 0) is 16.0 Å². The molecule has 22 heavy (non-hydrogen) atoms. The van der Waals surface area contributed by atoms with Gasteiger partial charge in [-0.25, -0.2) is 0 Å². The van der Waals surface area contributed by atoms with Crippen LogP contribution in [0.1, 0.15) is 31.7 Å². The number of fused-ring (bicyclic) bond motifs is 3. The van der Waals surface area contributed by atoms with Crippen molar-refractivity contribution in [2.45, 2.75) is 38.6 Å². The Hall–Kier alpha value is -1.84. The molecular weight excluding hydrogens is 278 g/mol. The molecule has 4 nitrogen and oxygen atoms in total. The first-order valence-corrected chi connectivity index (χ1v) is 8.21. The Morgan fingerprint density at radius 3 is 2.55 bits per heavy atom. The van der Waals surface area contributed by atoms with Crippen molar-refractivity contribution in [2.24, 2.45) is 23.7 Å². The second-order valence-corrected chi connectivity index (χ2v) is 7.11. The minimum absolute atomic E-state index is 0.0389. The minimum Gasteiger partial charge on any atom is -0.481 e. The lowest BCUT2D eigenvalue weighted by atomic mass is 9.78. The average molecular weight is 299 g/mol. The molecule has 0 spiro atoms. The Labute approximate surface area is 130 Å². The third-order valence-electron chi connectivity index (χ3n) is 5.93. The Morgan fingerprint density at radius 2 is 1.82 bits per heavy atom. The van der Waals surface area contributed by atoms with E-state index >= 15 is 0 Å². The van der Waals surface area contributed by atoms with Crippen LogP contribution in [0.15, 0.2) is 24.3 Å². The molecule has 1 heterocycles. The maximum atomic E-state index is 13.2. The fraction of sp³-hybridized carbons (Fsp3) is 0.556. The fourth-order valence-electron chi connectivity index (χ4n) is 5.06. The van der Waals surface area contributed by atoms with Gasteiger partial charge in [-0.1, -0.05) is 18.2 Å². The van der Waals surface area contributed by atoms with Gasteiger partial charge in [0.15, 0.2) is 0 Å². The van der Waals surface area contributed by atoms with Gasteiger partial charge in [0.05, 0.1) is 11.8 Å². The number of hydrogen-bond acceptors (Lipinski definition) is 2. The number of aliphatic carboxylic acids is 1. The van der Waals surface area contributed by atoms with Gasteiger partial charge in [-0.2, -0.15) is 0 Å². The van der Waals surface area contributed by atoms with Crippen LogP contribution in [0.4, 0.5) is 5.69 Å². The lowest BCUT2D eigenvalue weighted by molar-refractivity contribution is -0.149. The third-order valence-corrected chi connectivity index (χ3v) is 5.93. The number of benzene rings is 1. The number of carbonyl (C=O) groups is 2. The summed E-state index contributed by atoms with van der Waals surface area (Å²) in [4.78, 5) is 26.7. The van der Waals surface area contributed by atoms with E-state index in [4.69, 9.17) is 0 Å². The van der Waals surface area contributed by atoms with Crippen LogP contribution in [0.25, 0.3) is 0 Å². The van der Waals surface area contributed by atoms with Crippen molar-refractivity contribution < 1.29 is 14.7 Å². The first-order chi connectivity index (χ1) is 10.6. The van der Waals surface area contributed by atoms with Gasteiger partial charge in [0, 0.05) is 11.7 Å². The van der Waals surface area contributed by atoms with Gasteiger partial charge in [-0.15, -0.1) is 0 Å². The maximum absolute atomic E-state index is 13.2. The van der Waals surface area contributed by atoms with Crippen LogP contribution in [0.3, 0.4) is 0 Å². The Morgan fingerprint density at radius 1 is 1.14 bits per heavy atom. The smallest absolute Gasteiger partial charge is 0.307 e. The van der Waals surface area contributed by atoms with Crippen molar-refractivity contribution in [2.75, 3.05) is 4.90 Å². The molecule has 1 aromatic carbocycles. The molecule has 2 bridgehead atoms. The number of carboxylic acid groups (broad SMARTS) is 1. The zero-order valence-electron chi connectivity index (χ0n) is 12.7. The topological polar surface area (TPSA) is 57.6 Å². The van der Waals surface area contributed by atoms with Gasteiger partial charge in [-0.3, -0.25) is 9.59 Å². The highest BCUT2D eigenvalue weighted by molar-refractivity contribution is 6.00. The summed E-state index contributed by atoms with van der Waals surface area (Å²) in [6, 6.07) is 8.12. The van der Waals surface area contributed by atoms with Gasteiger partial charge in [-0.05, 0) is 56.1 Å². The Bertz CT molecular complexity index is 641. The maximum Gasteiger partial charge on any atom is 0.307 e. The number of rotatable bonds is 2. The van der Waals surface area contributed by atoms with E-state index in [1.165, 1.54) is 5.56 Å². The fourth-order valence-corrected chi connectivity index (χ4v) is 5.06. The molecule has 1 N–H and O–H groups in total. The second-order valence-electron chi connectivity index (χ2n) is 7.11. The molecule has 3 aliphatic rings. The first kappa shape index (κ1) is 13.8. The number of carbonyl (C=O) groups excluding carboxylic acids is 1. The SMILES string of the molecule is C[C@@H]1Cc2ccccc2N1C(=O)[C@H]1[C@@H]2CC[C@H](C2)[C@@H]1C(=O)O. The normalized spacial score (nSPS) is 35.7. The molecule has 0 saturated heterocycles. The Balaban J connectivity index is 1.68. The van der Waals surface area contributed by atoms with E-state index in [9.17, 15) is 14.7 Å². The number of para-hydroxylation sites is 1.